The van der Waals surface area contributed by atoms with Crippen LogP contribution in [0.5, 0.6) is 0 Å². The Morgan fingerprint density at radius 3 is 2.27 bits per heavy atom. The van der Waals surface area contributed by atoms with Crippen molar-refractivity contribution in [2.45, 2.75) is 19.1 Å². The van der Waals surface area contributed by atoms with Crippen molar-refractivity contribution in [3.8, 4) is 0 Å². The third-order valence-corrected chi connectivity index (χ3v) is 3.10. The van der Waals surface area contributed by atoms with Crippen LogP contribution < -0.4 is 5.73 Å². The van der Waals surface area contributed by atoms with Gasteiger partial charge in [-0.05, 0) is 17.5 Å². The molecule has 22 heavy (non-hydrogen) atoms. The Kier molecular flexibility index (Phi) is 7.29. The summed E-state index contributed by atoms with van der Waals surface area (Å²) in [5.41, 5.74) is 8.25. The molecule has 0 spiro atoms. The molecule has 2 rings (SSSR count). The fourth-order valence-electron chi connectivity index (χ4n) is 1.91. The number of aldehydes is 1. The Balaban J connectivity index is 0.00000242. The smallest absolute Gasteiger partial charge is 0.323 e. The Labute approximate surface area is 135 Å². The minimum Gasteiger partial charge on any atom is -0.460 e. The van der Waals surface area contributed by atoms with Crippen molar-refractivity contribution in [3.05, 3.63) is 71.3 Å². The number of halogens is 1. The molecule has 0 aliphatic heterocycles. The fourth-order valence-corrected chi connectivity index (χ4v) is 1.91. The van der Waals surface area contributed by atoms with Gasteiger partial charge in [0, 0.05) is 5.56 Å². The Morgan fingerprint density at radius 1 is 1.05 bits per heavy atom. The maximum Gasteiger partial charge on any atom is 0.323 e. The molecule has 0 amide bonds. The molecule has 2 aromatic rings. The second kappa shape index (κ2) is 8.97. The van der Waals surface area contributed by atoms with Crippen LogP contribution in [0.15, 0.2) is 54.6 Å². The topological polar surface area (TPSA) is 69.4 Å². The molecule has 0 bridgehead atoms. The third-order valence-electron chi connectivity index (χ3n) is 3.10. The minimum atomic E-state index is -0.712. The summed E-state index contributed by atoms with van der Waals surface area (Å²) in [4.78, 5) is 22.4. The molecule has 0 saturated heterocycles. The van der Waals surface area contributed by atoms with Gasteiger partial charge in [-0.15, -0.1) is 12.4 Å². The molecule has 5 heteroatoms. The second-order valence-electron chi connectivity index (χ2n) is 4.76. The number of hydrogen-bond donors (Lipinski definition) is 1. The van der Waals surface area contributed by atoms with Gasteiger partial charge in [0.05, 0.1) is 0 Å². The first-order valence-electron chi connectivity index (χ1n) is 6.69. The zero-order valence-electron chi connectivity index (χ0n) is 12.0. The van der Waals surface area contributed by atoms with Gasteiger partial charge in [0.25, 0.3) is 0 Å². The highest BCUT2D eigenvalue weighted by Crippen LogP contribution is 2.07. The molecule has 116 valence electrons. The van der Waals surface area contributed by atoms with E-state index in [0.29, 0.717) is 12.0 Å². The van der Waals surface area contributed by atoms with E-state index in [1.54, 1.807) is 24.3 Å². The van der Waals surface area contributed by atoms with Gasteiger partial charge in [0.2, 0.25) is 0 Å². The van der Waals surface area contributed by atoms with Gasteiger partial charge in [-0.25, -0.2) is 0 Å². The normalized spacial score (nSPS) is 11.1. The first-order chi connectivity index (χ1) is 10.2. The lowest BCUT2D eigenvalue weighted by atomic mass is 10.1. The van der Waals surface area contributed by atoms with Gasteiger partial charge >= 0.3 is 5.97 Å². The van der Waals surface area contributed by atoms with Gasteiger partial charge in [-0.2, -0.15) is 0 Å². The van der Waals surface area contributed by atoms with Crippen molar-refractivity contribution in [2.24, 2.45) is 5.73 Å². The van der Waals surface area contributed by atoms with E-state index in [9.17, 15) is 9.59 Å². The fraction of sp³-hybridized carbons (Fsp3) is 0.176. The summed E-state index contributed by atoms with van der Waals surface area (Å²) in [5.74, 6) is -0.432. The van der Waals surface area contributed by atoms with Gasteiger partial charge in [0.1, 0.15) is 18.9 Å². The molecule has 4 nitrogen and oxygen atoms in total. The van der Waals surface area contributed by atoms with Crippen LogP contribution in [-0.4, -0.2) is 18.3 Å². The molecule has 1 atom stereocenters. The van der Waals surface area contributed by atoms with E-state index < -0.39 is 12.0 Å². The summed E-state index contributed by atoms with van der Waals surface area (Å²) in [6.07, 6.45) is 1.16. The van der Waals surface area contributed by atoms with Crippen LogP contribution in [0.4, 0.5) is 0 Å². The van der Waals surface area contributed by atoms with E-state index in [2.05, 4.69) is 0 Å². The van der Waals surface area contributed by atoms with Crippen LogP contribution in [-0.2, 0) is 22.6 Å². The zero-order chi connectivity index (χ0) is 15.1. The Morgan fingerprint density at radius 2 is 1.68 bits per heavy atom. The summed E-state index contributed by atoms with van der Waals surface area (Å²) in [6, 6.07) is 15.7. The molecule has 0 aromatic heterocycles. The van der Waals surface area contributed by atoms with E-state index in [4.69, 9.17) is 10.5 Å². The quantitative estimate of drug-likeness (QED) is 0.656. The summed E-state index contributed by atoms with van der Waals surface area (Å²) >= 11 is 0. The summed E-state index contributed by atoms with van der Waals surface area (Å²) in [5, 5.41) is 0. The lowest BCUT2D eigenvalue weighted by Gasteiger charge is -2.11. The average Bonchev–Trinajstić information content (AvgIpc) is 2.54. The van der Waals surface area contributed by atoms with Crippen molar-refractivity contribution in [1.82, 2.24) is 0 Å². The van der Waals surface area contributed by atoms with Gasteiger partial charge in [-0.3, -0.25) is 9.59 Å². The maximum atomic E-state index is 11.8. The largest absolute Gasteiger partial charge is 0.460 e. The monoisotopic (exact) mass is 319 g/mol. The third kappa shape index (κ3) is 5.31. The average molecular weight is 320 g/mol. The molecule has 2 N–H and O–H groups in total. The summed E-state index contributed by atoms with van der Waals surface area (Å²) in [6.45, 7) is 0.220. The molecule has 0 aliphatic carbocycles. The number of nitrogens with two attached hydrogens (primary N) is 1. The predicted octanol–water partition coefficient (Wildman–Crippen LogP) is 2.53. The van der Waals surface area contributed by atoms with E-state index in [0.717, 1.165) is 17.4 Å². The molecule has 0 aliphatic rings. The van der Waals surface area contributed by atoms with Gasteiger partial charge < -0.3 is 10.5 Å². The number of carbonyl (C=O) groups excluding carboxylic acids is 2. The molecular formula is C17H18ClNO3. The number of esters is 1. The number of hydrogen-bond acceptors (Lipinski definition) is 4. The van der Waals surface area contributed by atoms with Crippen molar-refractivity contribution in [3.63, 3.8) is 0 Å². The molecule has 0 saturated carbocycles. The minimum absolute atomic E-state index is 0. The summed E-state index contributed by atoms with van der Waals surface area (Å²) in [7, 11) is 0. The highest BCUT2D eigenvalue weighted by atomic mass is 35.5. The first kappa shape index (κ1) is 17.9. The lowest BCUT2D eigenvalue weighted by molar-refractivity contribution is -0.146. The van der Waals surface area contributed by atoms with E-state index in [-0.39, 0.29) is 19.0 Å². The van der Waals surface area contributed by atoms with Gasteiger partial charge in [-0.1, -0.05) is 54.6 Å². The van der Waals surface area contributed by atoms with E-state index >= 15 is 0 Å². The second-order valence-corrected chi connectivity index (χ2v) is 4.76. The van der Waals surface area contributed by atoms with E-state index in [1.807, 2.05) is 30.3 Å². The van der Waals surface area contributed by atoms with Crippen LogP contribution in [0.3, 0.4) is 0 Å². The van der Waals surface area contributed by atoms with E-state index in [1.165, 1.54) is 0 Å². The Hall–Kier alpha value is -2.17. The molecule has 0 radical (unpaired) electrons. The SMILES string of the molecule is Cl.N[C@@H](Cc1ccc(C=O)cc1)C(=O)OCc1ccccc1. The number of rotatable bonds is 6. The van der Waals surface area contributed by atoms with Crippen molar-refractivity contribution >= 4 is 24.7 Å². The zero-order valence-corrected chi connectivity index (χ0v) is 12.8. The highest BCUT2D eigenvalue weighted by molar-refractivity contribution is 5.85. The van der Waals surface area contributed by atoms with Crippen molar-refractivity contribution in [1.29, 1.82) is 0 Å². The Bertz CT molecular complexity index is 599. The molecule has 0 unspecified atom stereocenters. The summed E-state index contributed by atoms with van der Waals surface area (Å²) < 4.78 is 5.19. The number of benzene rings is 2. The molecule has 2 aromatic carbocycles. The van der Waals surface area contributed by atoms with Crippen molar-refractivity contribution < 1.29 is 14.3 Å². The molecular weight excluding hydrogens is 302 g/mol. The highest BCUT2D eigenvalue weighted by Gasteiger charge is 2.15. The van der Waals surface area contributed by atoms with Crippen LogP contribution in [0, 0.1) is 0 Å². The lowest BCUT2D eigenvalue weighted by Crippen LogP contribution is -2.34. The van der Waals surface area contributed by atoms with Crippen LogP contribution in [0.25, 0.3) is 0 Å². The molecule has 0 fully saturated rings. The number of carbonyl (C=O) groups is 2. The molecule has 0 heterocycles. The van der Waals surface area contributed by atoms with Crippen LogP contribution >= 0.6 is 12.4 Å². The van der Waals surface area contributed by atoms with Crippen molar-refractivity contribution in [2.75, 3.05) is 0 Å². The predicted molar refractivity (Wildman–Crippen MR) is 87.0 cm³/mol. The number of ether oxygens (including phenoxy) is 1. The van der Waals surface area contributed by atoms with Gasteiger partial charge in [0.15, 0.2) is 0 Å². The first-order valence-corrected chi connectivity index (χ1v) is 6.69. The standard InChI is InChI=1S/C17H17NO3.ClH/c18-16(10-13-6-8-14(11-19)9-7-13)17(20)21-12-15-4-2-1-3-5-15;/h1-9,11,16H,10,12,18H2;1H/t16-;/m0./s1. The van der Waals surface area contributed by atoms with Crippen LogP contribution in [0.2, 0.25) is 0 Å². The van der Waals surface area contributed by atoms with Crippen LogP contribution in [0.1, 0.15) is 21.5 Å². The maximum absolute atomic E-state index is 11.8.